The third-order valence-corrected chi connectivity index (χ3v) is 4.40. The van der Waals surface area contributed by atoms with E-state index in [1.807, 2.05) is 0 Å². The first-order valence-electron chi connectivity index (χ1n) is 8.32. The molecule has 0 radical (unpaired) electrons. The van der Waals surface area contributed by atoms with Gasteiger partial charge in [-0.2, -0.15) is 11.8 Å². The molecule has 0 aliphatic heterocycles. The van der Waals surface area contributed by atoms with Crippen molar-refractivity contribution >= 4 is 41.3 Å². The lowest BCUT2D eigenvalue weighted by molar-refractivity contribution is -0.139. The van der Waals surface area contributed by atoms with Crippen LogP contribution >= 0.6 is 11.8 Å². The summed E-state index contributed by atoms with van der Waals surface area (Å²) in [7, 11) is 0. The molecule has 1 rings (SSSR count). The number of anilines is 1. The van der Waals surface area contributed by atoms with Gasteiger partial charge in [-0.25, -0.2) is 0 Å². The molecule has 1 aromatic rings. The van der Waals surface area contributed by atoms with Gasteiger partial charge in [-0.15, -0.1) is 0 Å². The molecule has 0 amide bonds. The topological polar surface area (TPSA) is 204 Å². The van der Waals surface area contributed by atoms with Crippen LogP contribution in [0.15, 0.2) is 30.3 Å². The smallest absolute Gasteiger partial charge is 0.323 e. The monoisotopic (exact) mass is 431 g/mol. The Labute approximate surface area is 171 Å². The number of benzene rings is 1. The maximum absolute atomic E-state index is 10.5. The van der Waals surface area contributed by atoms with Gasteiger partial charge in [0.2, 0.25) is 0 Å². The van der Waals surface area contributed by atoms with Crippen LogP contribution in [0.5, 0.6) is 0 Å². The Morgan fingerprint density at radius 2 is 1.34 bits per heavy atom. The summed E-state index contributed by atoms with van der Waals surface area (Å²) in [6.45, 7) is -0.646. The summed E-state index contributed by atoms with van der Waals surface area (Å²) in [5.74, 6) is -3.45. The van der Waals surface area contributed by atoms with E-state index in [0.29, 0.717) is 17.9 Å². The molecule has 11 nitrogen and oxygen atoms in total. The van der Waals surface area contributed by atoms with Crippen LogP contribution < -0.4 is 16.4 Å². The first kappa shape index (κ1) is 26.2. The van der Waals surface area contributed by atoms with E-state index >= 15 is 0 Å². The molecule has 0 fully saturated rings. The maximum atomic E-state index is 10.5. The molecule has 2 unspecified atom stereocenters. The molecular weight excluding hydrogens is 406 g/mol. The largest absolute Gasteiger partial charge is 0.480 e. The molecule has 12 heteroatoms. The van der Waals surface area contributed by atoms with Gasteiger partial charge in [0, 0.05) is 11.4 Å². The number of hydrogen-bond donors (Lipinski definition) is 6. The first-order valence-corrected chi connectivity index (χ1v) is 9.48. The number of carbonyl (C=O) groups is 4. The van der Waals surface area contributed by atoms with Gasteiger partial charge < -0.3 is 36.8 Å². The van der Waals surface area contributed by atoms with E-state index in [9.17, 15) is 19.2 Å². The average molecular weight is 431 g/mol. The molecule has 0 bridgehead atoms. The normalized spacial score (nSPS) is 12.1. The Bertz CT molecular complexity index is 636. The molecule has 2 atom stereocenters. The van der Waals surface area contributed by atoms with Gasteiger partial charge in [0.1, 0.15) is 25.2 Å². The predicted molar refractivity (Wildman–Crippen MR) is 107 cm³/mol. The van der Waals surface area contributed by atoms with Crippen molar-refractivity contribution in [2.24, 2.45) is 11.5 Å². The van der Waals surface area contributed by atoms with Crippen LogP contribution in [0.3, 0.4) is 0 Å². The summed E-state index contributed by atoms with van der Waals surface area (Å²) in [5, 5.41) is 34.1. The molecule has 0 saturated heterocycles. The Kier molecular flexibility index (Phi) is 12.8. The van der Waals surface area contributed by atoms with Gasteiger partial charge in [-0.3, -0.25) is 19.2 Å². The summed E-state index contributed by atoms with van der Waals surface area (Å²) in [6, 6.07) is 6.79. The molecule has 1 aromatic carbocycles. The zero-order chi connectivity index (χ0) is 22.4. The van der Waals surface area contributed by atoms with E-state index in [1.54, 1.807) is 30.3 Å². The van der Waals surface area contributed by atoms with Crippen molar-refractivity contribution in [3.63, 3.8) is 0 Å². The molecule has 0 aliphatic rings. The van der Waals surface area contributed by atoms with E-state index in [1.165, 1.54) is 16.7 Å². The van der Waals surface area contributed by atoms with Crippen LogP contribution in [0, 0.1) is 0 Å². The Balaban J connectivity index is 0.000000543. The van der Waals surface area contributed by atoms with Crippen molar-refractivity contribution in [2.45, 2.75) is 18.5 Å². The number of nitrogens with zero attached hydrogens (tertiary/aromatic N) is 1. The lowest BCUT2D eigenvalue weighted by Crippen LogP contribution is -2.34. The standard InChI is InChI=1S/C10H11NO4.C7H14N2O4S/c12-9(13)6-11(7-10(14)15)8-4-2-1-3-5-8;8-4(6(10)11)1-2-14-3-5(9)7(12)13/h1-5H,6-7H2,(H,12,13)(H,14,15);4-5H,1-3,8-9H2,(H,10,11)(H,12,13). The van der Waals surface area contributed by atoms with Crippen molar-refractivity contribution < 1.29 is 39.6 Å². The van der Waals surface area contributed by atoms with Gasteiger partial charge in [0.05, 0.1) is 0 Å². The number of carboxylic acid groups (broad SMARTS) is 4. The SMILES string of the molecule is NC(CCSCC(N)C(=O)O)C(=O)O.O=C(O)CN(CC(=O)O)c1ccccc1. The third-order valence-electron chi connectivity index (χ3n) is 3.28. The quantitative estimate of drug-likeness (QED) is 0.234. The highest BCUT2D eigenvalue weighted by atomic mass is 32.2. The molecule has 0 aliphatic carbocycles. The number of rotatable bonds is 12. The van der Waals surface area contributed by atoms with Crippen LogP contribution in [-0.2, 0) is 19.2 Å². The summed E-state index contributed by atoms with van der Waals surface area (Å²) >= 11 is 1.29. The highest BCUT2D eigenvalue weighted by molar-refractivity contribution is 7.99. The average Bonchev–Trinajstić information content (AvgIpc) is 2.64. The van der Waals surface area contributed by atoms with Crippen molar-refractivity contribution in [3.05, 3.63) is 30.3 Å². The number of para-hydroxylation sites is 1. The lowest BCUT2D eigenvalue weighted by atomic mass is 10.2. The number of nitrogens with two attached hydrogens (primary N) is 2. The van der Waals surface area contributed by atoms with E-state index in [4.69, 9.17) is 31.9 Å². The maximum Gasteiger partial charge on any atom is 0.323 e. The molecular formula is C17H25N3O8S. The second-order valence-electron chi connectivity index (χ2n) is 5.73. The van der Waals surface area contributed by atoms with E-state index < -0.39 is 36.0 Å². The zero-order valence-corrected chi connectivity index (χ0v) is 16.3. The van der Waals surface area contributed by atoms with Crippen LogP contribution in [-0.4, -0.2) is 81.0 Å². The minimum atomic E-state index is -1.06. The predicted octanol–water partition coefficient (Wildman–Crippen LogP) is -0.404. The van der Waals surface area contributed by atoms with Crippen LogP contribution in [0.25, 0.3) is 0 Å². The van der Waals surface area contributed by atoms with Gasteiger partial charge in [0.15, 0.2) is 0 Å². The van der Waals surface area contributed by atoms with Crippen molar-refractivity contribution in [3.8, 4) is 0 Å². The molecule has 29 heavy (non-hydrogen) atoms. The van der Waals surface area contributed by atoms with Crippen molar-refractivity contribution in [1.82, 2.24) is 0 Å². The fourth-order valence-corrected chi connectivity index (χ4v) is 2.80. The fraction of sp³-hybridized carbons (Fsp3) is 0.412. The first-order chi connectivity index (χ1) is 13.5. The molecule has 0 aromatic heterocycles. The van der Waals surface area contributed by atoms with Crippen molar-refractivity contribution in [1.29, 1.82) is 0 Å². The lowest BCUT2D eigenvalue weighted by Gasteiger charge is -2.20. The molecule has 0 saturated carbocycles. The van der Waals surface area contributed by atoms with Crippen LogP contribution in [0.1, 0.15) is 6.42 Å². The molecule has 0 spiro atoms. The van der Waals surface area contributed by atoms with Crippen molar-refractivity contribution in [2.75, 3.05) is 29.5 Å². The zero-order valence-electron chi connectivity index (χ0n) is 15.5. The molecule has 162 valence electrons. The van der Waals surface area contributed by atoms with E-state index in [-0.39, 0.29) is 18.8 Å². The van der Waals surface area contributed by atoms with Crippen LogP contribution in [0.2, 0.25) is 0 Å². The van der Waals surface area contributed by atoms with E-state index in [2.05, 4.69) is 0 Å². The number of aliphatic carboxylic acids is 4. The highest BCUT2D eigenvalue weighted by Gasteiger charge is 2.14. The summed E-state index contributed by atoms with van der Waals surface area (Å²) in [6.07, 6.45) is 0.312. The molecule has 8 N–H and O–H groups in total. The number of hydrogen-bond acceptors (Lipinski definition) is 8. The molecule has 0 heterocycles. The Morgan fingerprint density at radius 1 is 0.862 bits per heavy atom. The van der Waals surface area contributed by atoms with Gasteiger partial charge in [-0.05, 0) is 24.3 Å². The minimum absolute atomic E-state index is 0.266. The Morgan fingerprint density at radius 3 is 1.76 bits per heavy atom. The second-order valence-corrected chi connectivity index (χ2v) is 6.88. The Hall–Kier alpha value is -2.83. The summed E-state index contributed by atoms with van der Waals surface area (Å²) in [5.41, 5.74) is 11.0. The third kappa shape index (κ3) is 13.1. The number of carboxylic acids is 4. The van der Waals surface area contributed by atoms with E-state index in [0.717, 1.165) is 0 Å². The highest BCUT2D eigenvalue weighted by Crippen LogP contribution is 2.12. The fourth-order valence-electron chi connectivity index (χ4n) is 1.82. The van der Waals surface area contributed by atoms with Gasteiger partial charge in [0.25, 0.3) is 0 Å². The summed E-state index contributed by atoms with van der Waals surface area (Å²) in [4.78, 5) is 42.9. The number of thioether (sulfide) groups is 1. The minimum Gasteiger partial charge on any atom is -0.480 e. The second kappa shape index (κ2) is 14.2. The van der Waals surface area contributed by atoms with Crippen LogP contribution in [0.4, 0.5) is 5.69 Å². The van der Waals surface area contributed by atoms with Gasteiger partial charge >= 0.3 is 23.9 Å². The van der Waals surface area contributed by atoms with Gasteiger partial charge in [-0.1, -0.05) is 18.2 Å². The summed E-state index contributed by atoms with van der Waals surface area (Å²) < 4.78 is 0.